The van der Waals surface area contributed by atoms with Crippen LogP contribution in [0.15, 0.2) is 27.3 Å². The van der Waals surface area contributed by atoms with Gasteiger partial charge in [-0.2, -0.15) is 9.97 Å². The molecule has 116 valence electrons. The highest BCUT2D eigenvalue weighted by molar-refractivity contribution is 7.98. The third-order valence-corrected chi connectivity index (χ3v) is 3.74. The van der Waals surface area contributed by atoms with E-state index >= 15 is 0 Å². The van der Waals surface area contributed by atoms with Crippen molar-refractivity contribution in [2.75, 3.05) is 20.5 Å². The summed E-state index contributed by atoms with van der Waals surface area (Å²) in [6.45, 7) is 4.07. The molecule has 1 aromatic carbocycles. The van der Waals surface area contributed by atoms with Crippen molar-refractivity contribution in [3.05, 3.63) is 23.3 Å². The van der Waals surface area contributed by atoms with Gasteiger partial charge in [0.1, 0.15) is 0 Å². The summed E-state index contributed by atoms with van der Waals surface area (Å²) >= 11 is 1.62. The summed E-state index contributed by atoms with van der Waals surface area (Å²) < 4.78 is 9.97. The molecule has 0 aliphatic heterocycles. The van der Waals surface area contributed by atoms with E-state index in [9.17, 15) is 0 Å². The largest absolute Gasteiger partial charge is 0.467 e. The van der Waals surface area contributed by atoms with E-state index in [0.29, 0.717) is 0 Å². The van der Waals surface area contributed by atoms with Crippen LogP contribution in [0, 0.1) is 13.8 Å². The van der Waals surface area contributed by atoms with Gasteiger partial charge in [0.15, 0.2) is 0 Å². The van der Waals surface area contributed by atoms with Gasteiger partial charge >= 0.3 is 12.0 Å². The highest BCUT2D eigenvalue weighted by Gasteiger charge is 2.08. The normalized spacial score (nSPS) is 11.0. The van der Waals surface area contributed by atoms with Crippen molar-refractivity contribution in [3.63, 3.8) is 0 Å². The van der Waals surface area contributed by atoms with Gasteiger partial charge in [-0.05, 0) is 37.3 Å². The summed E-state index contributed by atoms with van der Waals surface area (Å²) in [5.41, 5.74) is 3.06. The number of thioether (sulfide) groups is 1. The first-order valence-corrected chi connectivity index (χ1v) is 7.71. The molecule has 2 aromatic rings. The average Bonchev–Trinajstić information content (AvgIpc) is 2.52. The molecule has 0 saturated heterocycles. The molecule has 0 radical (unpaired) electrons. The van der Waals surface area contributed by atoms with E-state index in [0.717, 1.165) is 21.7 Å². The maximum atomic E-state index is 4.98. The van der Waals surface area contributed by atoms with Crippen LogP contribution in [0.4, 0.5) is 11.6 Å². The van der Waals surface area contributed by atoms with Crippen molar-refractivity contribution in [2.24, 2.45) is 10.2 Å². The van der Waals surface area contributed by atoms with E-state index in [1.807, 2.05) is 26.2 Å². The second-order valence-electron chi connectivity index (χ2n) is 4.44. The fraction of sp³-hybridized carbons (Fsp3) is 0.357. The Morgan fingerprint density at radius 3 is 2.14 bits per heavy atom. The lowest BCUT2D eigenvalue weighted by atomic mass is 10.1. The van der Waals surface area contributed by atoms with Gasteiger partial charge in [-0.25, -0.2) is 0 Å². The number of hydrogen-bond donors (Lipinski definition) is 0. The number of nitrogens with zero attached hydrogens (tertiary/aromatic N) is 5. The monoisotopic (exact) mass is 319 g/mol. The summed E-state index contributed by atoms with van der Waals surface area (Å²) in [5, 5.41) is 8.33. The van der Waals surface area contributed by atoms with E-state index in [1.165, 1.54) is 14.2 Å². The molecule has 0 fully saturated rings. The lowest BCUT2D eigenvalue weighted by Gasteiger charge is -2.07. The third-order valence-electron chi connectivity index (χ3n) is 2.80. The fourth-order valence-corrected chi connectivity index (χ4v) is 2.62. The van der Waals surface area contributed by atoms with Gasteiger partial charge in [0, 0.05) is 4.90 Å². The Kier molecular flexibility index (Phi) is 5.26. The molecule has 0 N–H and O–H groups in total. The summed E-state index contributed by atoms with van der Waals surface area (Å²) in [6.07, 6.45) is 2.01. The Hall–Kier alpha value is -2.22. The Bertz CT molecular complexity index is 684. The molecule has 1 heterocycles. The molecule has 2 rings (SSSR count). The van der Waals surface area contributed by atoms with Crippen LogP contribution in [0.1, 0.15) is 11.1 Å². The molecule has 0 aliphatic carbocycles. The average molecular weight is 319 g/mol. The molecule has 22 heavy (non-hydrogen) atoms. The maximum Gasteiger partial charge on any atom is 0.324 e. The van der Waals surface area contributed by atoms with E-state index < -0.39 is 0 Å². The van der Waals surface area contributed by atoms with E-state index in [1.54, 1.807) is 11.8 Å². The molecule has 0 bridgehead atoms. The van der Waals surface area contributed by atoms with Gasteiger partial charge in [0.05, 0.1) is 19.9 Å². The zero-order valence-corrected chi connectivity index (χ0v) is 13.9. The zero-order chi connectivity index (χ0) is 16.1. The highest BCUT2D eigenvalue weighted by atomic mass is 32.2. The molecular formula is C14H17N5O2S. The number of rotatable bonds is 5. The fourth-order valence-electron chi connectivity index (χ4n) is 1.93. The zero-order valence-electron chi connectivity index (χ0n) is 13.1. The van der Waals surface area contributed by atoms with E-state index in [-0.39, 0.29) is 18.0 Å². The van der Waals surface area contributed by atoms with Crippen LogP contribution in [0.2, 0.25) is 0 Å². The highest BCUT2D eigenvalue weighted by Crippen LogP contribution is 2.33. The number of hydrogen-bond acceptors (Lipinski definition) is 8. The Morgan fingerprint density at radius 2 is 1.59 bits per heavy atom. The number of aromatic nitrogens is 3. The Labute approximate surface area is 133 Å². The SMILES string of the molecule is COc1nc(N=Nc2cc(C)cc(C)c2SC)nc(OC)n1. The Balaban J connectivity index is 2.40. The topological polar surface area (TPSA) is 81.9 Å². The smallest absolute Gasteiger partial charge is 0.324 e. The van der Waals surface area contributed by atoms with Crippen LogP contribution in [0.5, 0.6) is 12.0 Å². The predicted octanol–water partition coefficient (Wildman–Crippen LogP) is 3.64. The number of methoxy groups -OCH3 is 2. The van der Waals surface area contributed by atoms with Crippen molar-refractivity contribution in [1.29, 1.82) is 0 Å². The Morgan fingerprint density at radius 1 is 0.955 bits per heavy atom. The van der Waals surface area contributed by atoms with Crippen molar-refractivity contribution in [1.82, 2.24) is 15.0 Å². The first-order chi connectivity index (χ1) is 10.6. The molecule has 0 spiro atoms. The first kappa shape index (κ1) is 16.2. The van der Waals surface area contributed by atoms with Gasteiger partial charge in [0.2, 0.25) is 0 Å². The number of benzene rings is 1. The molecule has 0 saturated carbocycles. The second kappa shape index (κ2) is 7.17. The van der Waals surface area contributed by atoms with Crippen LogP contribution in [0.25, 0.3) is 0 Å². The van der Waals surface area contributed by atoms with Crippen LogP contribution in [-0.4, -0.2) is 35.4 Å². The molecular weight excluding hydrogens is 302 g/mol. The lowest BCUT2D eigenvalue weighted by molar-refractivity contribution is 0.340. The number of ether oxygens (including phenoxy) is 2. The molecule has 0 aliphatic rings. The molecule has 0 unspecified atom stereocenters. The van der Waals surface area contributed by atoms with Crippen LogP contribution < -0.4 is 9.47 Å². The summed E-state index contributed by atoms with van der Waals surface area (Å²) in [4.78, 5) is 13.0. The molecule has 1 aromatic heterocycles. The molecule has 8 heteroatoms. The van der Waals surface area contributed by atoms with Gasteiger partial charge < -0.3 is 9.47 Å². The minimum Gasteiger partial charge on any atom is -0.467 e. The quantitative estimate of drug-likeness (QED) is 0.618. The third kappa shape index (κ3) is 3.70. The van der Waals surface area contributed by atoms with Crippen molar-refractivity contribution in [3.8, 4) is 12.0 Å². The second-order valence-corrected chi connectivity index (χ2v) is 5.26. The van der Waals surface area contributed by atoms with Gasteiger partial charge in [-0.1, -0.05) is 6.07 Å². The minimum absolute atomic E-state index is 0.131. The molecule has 0 amide bonds. The van der Waals surface area contributed by atoms with Crippen molar-refractivity contribution < 1.29 is 9.47 Å². The summed E-state index contributed by atoms with van der Waals surface area (Å²) in [5.74, 6) is 0.134. The van der Waals surface area contributed by atoms with Crippen molar-refractivity contribution in [2.45, 2.75) is 18.7 Å². The van der Waals surface area contributed by atoms with Crippen LogP contribution >= 0.6 is 11.8 Å². The number of aryl methyl sites for hydroxylation is 2. The van der Waals surface area contributed by atoms with Gasteiger partial charge in [-0.3, -0.25) is 0 Å². The van der Waals surface area contributed by atoms with Crippen LogP contribution in [0.3, 0.4) is 0 Å². The summed E-state index contributed by atoms with van der Waals surface area (Å²) in [6, 6.07) is 4.34. The van der Waals surface area contributed by atoms with E-state index in [4.69, 9.17) is 9.47 Å². The maximum absolute atomic E-state index is 4.98. The van der Waals surface area contributed by atoms with Gasteiger partial charge in [-0.15, -0.1) is 27.0 Å². The van der Waals surface area contributed by atoms with Crippen molar-refractivity contribution >= 4 is 23.4 Å². The van der Waals surface area contributed by atoms with Gasteiger partial charge in [0.25, 0.3) is 5.95 Å². The lowest BCUT2D eigenvalue weighted by Crippen LogP contribution is -1.97. The molecule has 0 atom stereocenters. The summed E-state index contributed by atoms with van der Waals surface area (Å²) in [7, 11) is 2.93. The van der Waals surface area contributed by atoms with E-state index in [2.05, 4.69) is 31.2 Å². The van der Waals surface area contributed by atoms with Crippen LogP contribution in [-0.2, 0) is 0 Å². The minimum atomic E-state index is 0.131. The predicted molar refractivity (Wildman–Crippen MR) is 84.8 cm³/mol. The number of azo groups is 1. The first-order valence-electron chi connectivity index (χ1n) is 6.48. The standard InChI is InChI=1S/C14H17N5O2S/c1-8-6-9(2)11(22-5)10(7-8)18-19-12-15-13(20-3)17-14(16-12)21-4/h6-7H,1-5H3. The molecule has 7 nitrogen and oxygen atoms in total.